The first-order valence-corrected chi connectivity index (χ1v) is 9.47. The maximum Gasteiger partial charge on any atom is 0.126 e. The van der Waals surface area contributed by atoms with Crippen molar-refractivity contribution in [3.8, 4) is 0 Å². The standard InChI is InChI=1S/C21H26ClNO2/c1-15(16-9-11-18(22)12-10-16)25-14-19(24)13-23-21-8-4-6-17-5-2-3-7-20(17)21/h2-3,5,7,9-12,15,19,21,23-24H,4,6,8,13-14H2,1H3/p+1/t15-,19-,21-/m1/s1. The smallest absolute Gasteiger partial charge is 0.126 e. The first-order valence-electron chi connectivity index (χ1n) is 9.09. The summed E-state index contributed by atoms with van der Waals surface area (Å²) in [7, 11) is 0. The van der Waals surface area contributed by atoms with Crippen molar-refractivity contribution in [3.63, 3.8) is 0 Å². The van der Waals surface area contributed by atoms with E-state index >= 15 is 0 Å². The zero-order chi connectivity index (χ0) is 17.6. The minimum Gasteiger partial charge on any atom is -0.385 e. The molecule has 3 N–H and O–H groups in total. The highest BCUT2D eigenvalue weighted by Gasteiger charge is 2.23. The minimum absolute atomic E-state index is 0.0534. The number of benzene rings is 2. The molecule has 134 valence electrons. The van der Waals surface area contributed by atoms with Crippen LogP contribution in [-0.2, 0) is 11.2 Å². The summed E-state index contributed by atoms with van der Waals surface area (Å²) < 4.78 is 5.83. The van der Waals surface area contributed by atoms with Gasteiger partial charge in [-0.3, -0.25) is 0 Å². The number of quaternary nitrogens is 1. The number of aryl methyl sites for hydroxylation is 1. The number of ether oxygens (including phenoxy) is 1. The number of hydrogen-bond acceptors (Lipinski definition) is 2. The summed E-state index contributed by atoms with van der Waals surface area (Å²) in [6.45, 7) is 3.00. The number of halogens is 1. The SMILES string of the molecule is C[C@@H](OC[C@H](O)C[NH2+][C@@H]1CCCc2ccccc21)c1ccc(Cl)cc1. The van der Waals surface area contributed by atoms with Gasteiger partial charge in [-0.05, 0) is 43.0 Å². The van der Waals surface area contributed by atoms with Gasteiger partial charge in [0.05, 0.1) is 12.7 Å². The Labute approximate surface area is 155 Å². The molecule has 0 radical (unpaired) electrons. The fraction of sp³-hybridized carbons (Fsp3) is 0.429. The summed E-state index contributed by atoms with van der Waals surface area (Å²) >= 11 is 5.91. The molecule has 0 fully saturated rings. The molecule has 0 aromatic heterocycles. The normalized spacial score (nSPS) is 19.2. The van der Waals surface area contributed by atoms with Gasteiger partial charge in [-0.1, -0.05) is 48.0 Å². The van der Waals surface area contributed by atoms with E-state index in [1.54, 1.807) is 0 Å². The molecule has 3 rings (SSSR count). The third-order valence-corrected chi connectivity index (χ3v) is 5.24. The second kappa shape index (κ2) is 8.81. The number of aliphatic hydroxyl groups is 1. The second-order valence-electron chi connectivity index (χ2n) is 6.85. The van der Waals surface area contributed by atoms with E-state index in [1.807, 2.05) is 31.2 Å². The van der Waals surface area contributed by atoms with Crippen molar-refractivity contribution in [1.82, 2.24) is 0 Å². The second-order valence-corrected chi connectivity index (χ2v) is 7.29. The molecule has 1 aliphatic rings. The van der Waals surface area contributed by atoms with Gasteiger partial charge in [0, 0.05) is 17.0 Å². The quantitative estimate of drug-likeness (QED) is 0.794. The number of nitrogens with two attached hydrogens (primary N) is 1. The molecule has 0 heterocycles. The van der Waals surface area contributed by atoms with Crippen LogP contribution in [0.4, 0.5) is 0 Å². The van der Waals surface area contributed by atoms with E-state index < -0.39 is 6.10 Å². The highest BCUT2D eigenvalue weighted by molar-refractivity contribution is 6.30. The molecule has 0 unspecified atom stereocenters. The summed E-state index contributed by atoms with van der Waals surface area (Å²) in [5, 5.41) is 13.3. The Kier molecular flexibility index (Phi) is 6.49. The van der Waals surface area contributed by atoms with Gasteiger partial charge in [0.15, 0.2) is 0 Å². The number of hydrogen-bond donors (Lipinski definition) is 2. The van der Waals surface area contributed by atoms with Crippen LogP contribution in [0.1, 0.15) is 48.6 Å². The average molecular weight is 361 g/mol. The molecule has 2 aromatic carbocycles. The zero-order valence-electron chi connectivity index (χ0n) is 14.7. The Hall–Kier alpha value is -1.39. The lowest BCUT2D eigenvalue weighted by atomic mass is 9.88. The van der Waals surface area contributed by atoms with Crippen molar-refractivity contribution >= 4 is 11.6 Å². The van der Waals surface area contributed by atoms with Gasteiger partial charge in [-0.2, -0.15) is 0 Å². The monoisotopic (exact) mass is 360 g/mol. The van der Waals surface area contributed by atoms with E-state index in [2.05, 4.69) is 29.6 Å². The van der Waals surface area contributed by atoms with E-state index in [4.69, 9.17) is 16.3 Å². The number of aliphatic hydroxyl groups excluding tert-OH is 1. The van der Waals surface area contributed by atoms with Crippen molar-refractivity contribution in [2.45, 2.75) is 44.4 Å². The lowest BCUT2D eigenvalue weighted by Gasteiger charge is -2.25. The molecule has 0 amide bonds. The van der Waals surface area contributed by atoms with Gasteiger partial charge in [-0.15, -0.1) is 0 Å². The van der Waals surface area contributed by atoms with E-state index in [0.717, 1.165) is 10.6 Å². The van der Waals surface area contributed by atoms with E-state index in [1.165, 1.54) is 30.4 Å². The van der Waals surface area contributed by atoms with Gasteiger partial charge < -0.3 is 15.2 Å². The van der Waals surface area contributed by atoms with Crippen molar-refractivity contribution < 1.29 is 15.2 Å². The molecule has 3 atom stereocenters. The highest BCUT2D eigenvalue weighted by atomic mass is 35.5. The van der Waals surface area contributed by atoms with Crippen LogP contribution < -0.4 is 5.32 Å². The molecule has 3 nitrogen and oxygen atoms in total. The van der Waals surface area contributed by atoms with Crippen molar-refractivity contribution in [2.75, 3.05) is 13.2 Å². The maximum atomic E-state index is 10.3. The Morgan fingerprint density at radius 3 is 2.76 bits per heavy atom. The fourth-order valence-corrected chi connectivity index (χ4v) is 3.64. The first kappa shape index (κ1) is 18.4. The first-order chi connectivity index (χ1) is 12.1. The molecule has 0 bridgehead atoms. The Balaban J connectivity index is 1.46. The Morgan fingerprint density at radius 2 is 1.96 bits per heavy atom. The summed E-state index contributed by atoms with van der Waals surface area (Å²) in [5.74, 6) is 0. The molecule has 0 saturated carbocycles. The van der Waals surface area contributed by atoms with Crippen molar-refractivity contribution in [2.24, 2.45) is 0 Å². The van der Waals surface area contributed by atoms with Crippen molar-refractivity contribution in [3.05, 3.63) is 70.2 Å². The summed E-state index contributed by atoms with van der Waals surface area (Å²) in [6, 6.07) is 16.8. The maximum absolute atomic E-state index is 10.3. The summed E-state index contributed by atoms with van der Waals surface area (Å²) in [4.78, 5) is 0. The molecule has 1 aliphatic carbocycles. The third kappa shape index (κ3) is 5.05. The molecule has 0 saturated heterocycles. The number of rotatable bonds is 7. The van der Waals surface area contributed by atoms with Gasteiger partial charge in [0.25, 0.3) is 0 Å². The molecular weight excluding hydrogens is 334 g/mol. The third-order valence-electron chi connectivity index (χ3n) is 4.99. The van der Waals surface area contributed by atoms with E-state index in [9.17, 15) is 5.11 Å². The van der Waals surface area contributed by atoms with Crippen LogP contribution in [0.25, 0.3) is 0 Å². The van der Waals surface area contributed by atoms with Gasteiger partial charge in [-0.25, -0.2) is 0 Å². The van der Waals surface area contributed by atoms with Crippen LogP contribution in [0.3, 0.4) is 0 Å². The number of fused-ring (bicyclic) bond motifs is 1. The average Bonchev–Trinajstić information content (AvgIpc) is 2.65. The van der Waals surface area contributed by atoms with E-state index in [0.29, 0.717) is 19.2 Å². The largest absolute Gasteiger partial charge is 0.385 e. The molecular formula is C21H27ClNO2+. The van der Waals surface area contributed by atoms with Crippen LogP contribution in [-0.4, -0.2) is 24.4 Å². The lowest BCUT2D eigenvalue weighted by Crippen LogP contribution is -2.87. The zero-order valence-corrected chi connectivity index (χ0v) is 15.5. The fourth-order valence-electron chi connectivity index (χ4n) is 3.51. The van der Waals surface area contributed by atoms with Gasteiger partial charge in [0.1, 0.15) is 18.7 Å². The molecule has 0 spiro atoms. The summed E-state index contributed by atoms with van der Waals surface area (Å²) in [6.07, 6.45) is 3.04. The lowest BCUT2D eigenvalue weighted by molar-refractivity contribution is -0.703. The van der Waals surface area contributed by atoms with Crippen LogP contribution in [0.15, 0.2) is 48.5 Å². The molecule has 0 aliphatic heterocycles. The van der Waals surface area contributed by atoms with Gasteiger partial charge >= 0.3 is 0 Å². The Bertz CT molecular complexity index is 674. The van der Waals surface area contributed by atoms with E-state index in [-0.39, 0.29) is 6.10 Å². The Morgan fingerprint density at radius 1 is 1.20 bits per heavy atom. The van der Waals surface area contributed by atoms with Crippen LogP contribution in [0.2, 0.25) is 5.02 Å². The van der Waals surface area contributed by atoms with Gasteiger partial charge in [0.2, 0.25) is 0 Å². The summed E-state index contributed by atoms with van der Waals surface area (Å²) in [5.41, 5.74) is 3.95. The van der Waals surface area contributed by atoms with Crippen molar-refractivity contribution in [1.29, 1.82) is 0 Å². The highest BCUT2D eigenvalue weighted by Crippen LogP contribution is 2.26. The molecule has 25 heavy (non-hydrogen) atoms. The topological polar surface area (TPSA) is 46.1 Å². The van der Waals surface area contributed by atoms with Crippen LogP contribution >= 0.6 is 11.6 Å². The predicted molar refractivity (Wildman–Crippen MR) is 101 cm³/mol. The predicted octanol–water partition coefficient (Wildman–Crippen LogP) is 3.42. The molecule has 2 aromatic rings. The van der Waals surface area contributed by atoms with Crippen LogP contribution in [0, 0.1) is 0 Å². The van der Waals surface area contributed by atoms with Crippen LogP contribution in [0.5, 0.6) is 0 Å². The molecule has 4 heteroatoms. The minimum atomic E-state index is -0.469.